The molecule has 1 atom stereocenters. The average molecular weight is 338 g/mol. The fourth-order valence-corrected chi connectivity index (χ4v) is 2.79. The largest absolute Gasteiger partial charge is 0.376 e. The maximum Gasteiger partial charge on any atom is 0.255 e. The van der Waals surface area contributed by atoms with E-state index in [9.17, 15) is 9.59 Å². The molecule has 0 aromatic heterocycles. The van der Waals surface area contributed by atoms with Crippen LogP contribution >= 0.6 is 0 Å². The standard InChI is InChI=1S/C20H22N2O3/c1-14-5-2-3-7-18(14)22-20(24)16-10-8-15(9-11-16)19(23)21-13-17-6-4-12-25-17/h2-3,5,7-11,17H,4,6,12-13H2,1H3,(H,21,23)(H,22,24). The number of carbonyl (C=O) groups is 2. The Morgan fingerprint density at radius 3 is 2.36 bits per heavy atom. The van der Waals surface area contributed by atoms with Crippen LogP contribution in [0, 0.1) is 6.92 Å². The number of carbonyl (C=O) groups excluding carboxylic acids is 2. The van der Waals surface area contributed by atoms with Crippen molar-refractivity contribution in [1.29, 1.82) is 0 Å². The summed E-state index contributed by atoms with van der Waals surface area (Å²) in [6.45, 7) is 3.23. The third kappa shape index (κ3) is 4.45. The van der Waals surface area contributed by atoms with Gasteiger partial charge >= 0.3 is 0 Å². The van der Waals surface area contributed by atoms with Crippen molar-refractivity contribution >= 4 is 17.5 Å². The monoisotopic (exact) mass is 338 g/mol. The molecular weight excluding hydrogens is 316 g/mol. The maximum absolute atomic E-state index is 12.3. The third-order valence-corrected chi connectivity index (χ3v) is 4.32. The van der Waals surface area contributed by atoms with Crippen molar-refractivity contribution in [3.8, 4) is 0 Å². The van der Waals surface area contributed by atoms with E-state index in [1.54, 1.807) is 24.3 Å². The maximum atomic E-state index is 12.3. The predicted molar refractivity (Wildman–Crippen MR) is 96.9 cm³/mol. The molecule has 5 nitrogen and oxygen atoms in total. The fourth-order valence-electron chi connectivity index (χ4n) is 2.79. The van der Waals surface area contributed by atoms with Crippen LogP contribution < -0.4 is 10.6 Å². The minimum Gasteiger partial charge on any atom is -0.376 e. The second-order valence-electron chi connectivity index (χ2n) is 6.19. The zero-order valence-corrected chi connectivity index (χ0v) is 14.2. The van der Waals surface area contributed by atoms with E-state index in [-0.39, 0.29) is 17.9 Å². The number of para-hydroxylation sites is 1. The minimum absolute atomic E-state index is 0.114. The number of amides is 2. The Morgan fingerprint density at radius 1 is 1.04 bits per heavy atom. The molecule has 130 valence electrons. The Labute approximate surface area is 147 Å². The van der Waals surface area contributed by atoms with Gasteiger partial charge in [-0.1, -0.05) is 18.2 Å². The lowest BCUT2D eigenvalue weighted by molar-refractivity contribution is 0.0857. The number of aryl methyl sites for hydroxylation is 1. The van der Waals surface area contributed by atoms with Crippen LogP contribution in [0.15, 0.2) is 48.5 Å². The molecule has 0 radical (unpaired) electrons. The van der Waals surface area contributed by atoms with Gasteiger partial charge in [-0.2, -0.15) is 0 Å². The smallest absolute Gasteiger partial charge is 0.255 e. The average Bonchev–Trinajstić information content (AvgIpc) is 3.15. The summed E-state index contributed by atoms with van der Waals surface area (Å²) in [5, 5.41) is 5.75. The molecule has 2 N–H and O–H groups in total. The number of hydrogen-bond donors (Lipinski definition) is 2. The molecule has 3 rings (SSSR count). The van der Waals surface area contributed by atoms with Crippen molar-refractivity contribution in [2.24, 2.45) is 0 Å². The third-order valence-electron chi connectivity index (χ3n) is 4.32. The van der Waals surface area contributed by atoms with Gasteiger partial charge in [0.15, 0.2) is 0 Å². The number of nitrogens with one attached hydrogen (secondary N) is 2. The van der Waals surface area contributed by atoms with Crippen LogP contribution in [0.3, 0.4) is 0 Å². The molecule has 25 heavy (non-hydrogen) atoms. The SMILES string of the molecule is Cc1ccccc1NC(=O)c1ccc(C(=O)NCC2CCCO2)cc1. The molecule has 0 bridgehead atoms. The summed E-state index contributed by atoms with van der Waals surface area (Å²) in [6.07, 6.45) is 2.15. The molecule has 1 saturated heterocycles. The van der Waals surface area contributed by atoms with Gasteiger partial charge in [-0.25, -0.2) is 0 Å². The summed E-state index contributed by atoms with van der Waals surface area (Å²) >= 11 is 0. The van der Waals surface area contributed by atoms with Crippen LogP contribution in [0.25, 0.3) is 0 Å². The Kier molecular flexibility index (Phi) is 5.46. The summed E-state index contributed by atoms with van der Waals surface area (Å²) < 4.78 is 5.49. The number of hydrogen-bond acceptors (Lipinski definition) is 3. The van der Waals surface area contributed by atoms with Gasteiger partial charge in [0.05, 0.1) is 6.10 Å². The first-order valence-corrected chi connectivity index (χ1v) is 8.50. The van der Waals surface area contributed by atoms with Gasteiger partial charge < -0.3 is 15.4 Å². The van der Waals surface area contributed by atoms with E-state index in [2.05, 4.69) is 10.6 Å². The lowest BCUT2D eigenvalue weighted by Crippen LogP contribution is -2.31. The van der Waals surface area contributed by atoms with Crippen LogP contribution in [-0.4, -0.2) is 31.1 Å². The second kappa shape index (κ2) is 7.94. The Bertz CT molecular complexity index is 750. The predicted octanol–water partition coefficient (Wildman–Crippen LogP) is 3.16. The van der Waals surface area contributed by atoms with Crippen molar-refractivity contribution in [3.05, 3.63) is 65.2 Å². The Balaban J connectivity index is 1.58. The zero-order valence-electron chi connectivity index (χ0n) is 14.2. The summed E-state index contributed by atoms with van der Waals surface area (Å²) in [6, 6.07) is 14.3. The van der Waals surface area contributed by atoms with Crippen LogP contribution in [0.5, 0.6) is 0 Å². The highest BCUT2D eigenvalue weighted by Gasteiger charge is 2.17. The Hall–Kier alpha value is -2.66. The summed E-state index contributed by atoms with van der Waals surface area (Å²) in [7, 11) is 0. The highest BCUT2D eigenvalue weighted by atomic mass is 16.5. The van der Waals surface area contributed by atoms with Crippen molar-refractivity contribution < 1.29 is 14.3 Å². The van der Waals surface area contributed by atoms with Gasteiger partial charge in [0.25, 0.3) is 11.8 Å². The van der Waals surface area contributed by atoms with Crippen LogP contribution in [-0.2, 0) is 4.74 Å². The number of rotatable bonds is 5. The van der Waals surface area contributed by atoms with Crippen LogP contribution in [0.1, 0.15) is 39.1 Å². The van der Waals surface area contributed by atoms with E-state index in [0.717, 1.165) is 30.7 Å². The molecule has 2 aromatic rings. The molecule has 1 heterocycles. The molecule has 1 unspecified atom stereocenters. The topological polar surface area (TPSA) is 67.4 Å². The van der Waals surface area contributed by atoms with Gasteiger partial charge in [-0.3, -0.25) is 9.59 Å². The molecule has 0 aliphatic carbocycles. The van der Waals surface area contributed by atoms with E-state index in [4.69, 9.17) is 4.74 Å². The van der Waals surface area contributed by atoms with Gasteiger partial charge in [0.2, 0.25) is 0 Å². The summed E-state index contributed by atoms with van der Waals surface area (Å²) in [4.78, 5) is 24.5. The highest BCUT2D eigenvalue weighted by Crippen LogP contribution is 2.15. The Morgan fingerprint density at radius 2 is 1.72 bits per heavy atom. The van der Waals surface area contributed by atoms with Crippen LogP contribution in [0.4, 0.5) is 5.69 Å². The quantitative estimate of drug-likeness (QED) is 0.880. The molecule has 1 aliphatic heterocycles. The first-order chi connectivity index (χ1) is 12.1. The van der Waals surface area contributed by atoms with E-state index < -0.39 is 0 Å². The van der Waals surface area contributed by atoms with Gasteiger partial charge in [0, 0.05) is 30.0 Å². The molecule has 1 aliphatic rings. The molecule has 0 saturated carbocycles. The molecule has 2 amide bonds. The number of ether oxygens (including phenoxy) is 1. The fraction of sp³-hybridized carbons (Fsp3) is 0.300. The summed E-state index contributed by atoms with van der Waals surface area (Å²) in [5.41, 5.74) is 2.83. The molecule has 1 fully saturated rings. The van der Waals surface area contributed by atoms with Crippen molar-refractivity contribution in [2.45, 2.75) is 25.9 Å². The highest BCUT2D eigenvalue weighted by molar-refractivity contribution is 6.05. The van der Waals surface area contributed by atoms with E-state index in [1.807, 2.05) is 31.2 Å². The van der Waals surface area contributed by atoms with Crippen molar-refractivity contribution in [2.75, 3.05) is 18.5 Å². The first-order valence-electron chi connectivity index (χ1n) is 8.50. The van der Waals surface area contributed by atoms with E-state index in [1.165, 1.54) is 0 Å². The van der Waals surface area contributed by atoms with Gasteiger partial charge in [-0.15, -0.1) is 0 Å². The first kappa shape index (κ1) is 17.2. The van der Waals surface area contributed by atoms with Crippen molar-refractivity contribution in [1.82, 2.24) is 5.32 Å². The zero-order chi connectivity index (χ0) is 17.6. The van der Waals surface area contributed by atoms with E-state index >= 15 is 0 Å². The summed E-state index contributed by atoms with van der Waals surface area (Å²) in [5.74, 6) is -0.345. The molecule has 0 spiro atoms. The second-order valence-corrected chi connectivity index (χ2v) is 6.19. The number of anilines is 1. The van der Waals surface area contributed by atoms with Crippen LogP contribution in [0.2, 0.25) is 0 Å². The lowest BCUT2D eigenvalue weighted by atomic mass is 10.1. The normalized spacial score (nSPS) is 16.4. The van der Waals surface area contributed by atoms with Gasteiger partial charge in [-0.05, 0) is 55.7 Å². The van der Waals surface area contributed by atoms with Gasteiger partial charge in [0.1, 0.15) is 0 Å². The lowest BCUT2D eigenvalue weighted by Gasteiger charge is -2.11. The molecule has 5 heteroatoms. The van der Waals surface area contributed by atoms with E-state index in [0.29, 0.717) is 17.7 Å². The van der Waals surface area contributed by atoms with Crippen molar-refractivity contribution in [3.63, 3.8) is 0 Å². The molecular formula is C20H22N2O3. The number of benzene rings is 2. The molecule has 2 aromatic carbocycles. The minimum atomic E-state index is -0.194.